The number of carbonyl (C=O) groups excluding carboxylic acids is 3. The summed E-state index contributed by atoms with van der Waals surface area (Å²) in [6.45, 7) is 14.7. The van der Waals surface area contributed by atoms with E-state index in [2.05, 4.69) is 39.6 Å². The van der Waals surface area contributed by atoms with E-state index in [1.807, 2.05) is 27.7 Å². The molecule has 1 aromatic heterocycles. The van der Waals surface area contributed by atoms with E-state index in [0.717, 1.165) is 25.8 Å². The van der Waals surface area contributed by atoms with Crippen LogP contribution in [0.5, 0.6) is 0 Å². The number of hydrogen-bond donors (Lipinski definition) is 2. The van der Waals surface area contributed by atoms with Crippen molar-refractivity contribution in [3.63, 3.8) is 0 Å². The smallest absolute Gasteiger partial charge is 0.252 e. The first-order valence-corrected chi connectivity index (χ1v) is 13.4. The van der Waals surface area contributed by atoms with Gasteiger partial charge in [-0.2, -0.15) is 0 Å². The summed E-state index contributed by atoms with van der Waals surface area (Å²) in [6, 6.07) is -0.905. The molecule has 2 N–H and O–H groups in total. The Morgan fingerprint density at radius 2 is 1.83 bits per heavy atom. The second kappa shape index (κ2) is 13.1. The Morgan fingerprint density at radius 1 is 1.14 bits per heavy atom. The molecule has 0 bridgehead atoms. The summed E-state index contributed by atoms with van der Waals surface area (Å²) >= 11 is 1.24. The molecular formula is C25H42N6O3S. The van der Waals surface area contributed by atoms with Crippen LogP contribution in [-0.4, -0.2) is 75.5 Å². The normalized spacial score (nSPS) is 19.1. The van der Waals surface area contributed by atoms with Gasteiger partial charge in [0.05, 0.1) is 12.1 Å². The highest BCUT2D eigenvalue weighted by atomic mass is 32.1. The van der Waals surface area contributed by atoms with Gasteiger partial charge in [-0.15, -0.1) is 10.2 Å². The van der Waals surface area contributed by atoms with Crippen LogP contribution in [0.25, 0.3) is 0 Å². The van der Waals surface area contributed by atoms with Crippen LogP contribution in [0.15, 0.2) is 17.2 Å². The number of rotatable bonds is 10. The van der Waals surface area contributed by atoms with Crippen molar-refractivity contribution in [2.75, 3.05) is 18.9 Å². The largest absolute Gasteiger partial charge is 0.343 e. The van der Waals surface area contributed by atoms with Gasteiger partial charge in [-0.05, 0) is 52.0 Å². The number of anilines is 1. The second-order valence-electron chi connectivity index (χ2n) is 10.3. The van der Waals surface area contributed by atoms with E-state index in [1.165, 1.54) is 11.3 Å². The zero-order chi connectivity index (χ0) is 26.3. The molecule has 196 valence electrons. The minimum atomic E-state index is -0.645. The fraction of sp³-hybridized carbons (Fsp3) is 0.720. The van der Waals surface area contributed by atoms with E-state index in [1.54, 1.807) is 30.5 Å². The maximum Gasteiger partial charge on any atom is 0.252 e. The van der Waals surface area contributed by atoms with Gasteiger partial charge in [0.1, 0.15) is 11.6 Å². The van der Waals surface area contributed by atoms with Crippen LogP contribution in [0.4, 0.5) is 5.13 Å². The molecule has 0 spiro atoms. The highest BCUT2D eigenvalue weighted by Crippen LogP contribution is 2.21. The molecule has 1 aliphatic rings. The van der Waals surface area contributed by atoms with Crippen molar-refractivity contribution in [1.29, 1.82) is 0 Å². The van der Waals surface area contributed by atoms with Crippen LogP contribution in [0.3, 0.4) is 0 Å². The molecule has 1 aliphatic heterocycles. The first-order chi connectivity index (χ1) is 16.4. The van der Waals surface area contributed by atoms with Crippen molar-refractivity contribution in [1.82, 2.24) is 25.3 Å². The molecule has 0 unspecified atom stereocenters. The molecule has 0 aliphatic carbocycles. The Labute approximate surface area is 213 Å². The third-order valence-electron chi connectivity index (χ3n) is 6.58. The predicted molar refractivity (Wildman–Crippen MR) is 140 cm³/mol. The molecule has 1 aromatic rings. The highest BCUT2D eigenvalue weighted by Gasteiger charge is 2.36. The molecule has 1 saturated heterocycles. The number of hydrogen-bond acceptors (Lipinski definition) is 7. The third kappa shape index (κ3) is 7.83. The van der Waals surface area contributed by atoms with E-state index >= 15 is 0 Å². The van der Waals surface area contributed by atoms with Crippen LogP contribution >= 0.6 is 11.3 Å². The summed E-state index contributed by atoms with van der Waals surface area (Å²) in [5, 5.41) is 13.8. The number of nitrogens with zero attached hydrogens (tertiary/aromatic N) is 4. The SMILES string of the molecule is CC(=C[C@H](C(C)C)N(C)C(=O)[C@@H](NC(=O)[C@H]1CCCCN1C(C)C)C(C)C)C(=O)Nc1nncs1. The molecule has 2 heterocycles. The van der Waals surface area contributed by atoms with Crippen LogP contribution < -0.4 is 10.6 Å². The van der Waals surface area contributed by atoms with Crippen molar-refractivity contribution >= 4 is 34.2 Å². The van der Waals surface area contributed by atoms with Gasteiger partial charge < -0.3 is 10.2 Å². The lowest BCUT2D eigenvalue weighted by molar-refractivity contribution is -0.140. The number of nitrogens with one attached hydrogen (secondary N) is 2. The molecule has 3 amide bonds. The van der Waals surface area contributed by atoms with Crippen LogP contribution in [0.2, 0.25) is 0 Å². The summed E-state index contributed by atoms with van der Waals surface area (Å²) in [7, 11) is 1.74. The van der Waals surface area contributed by atoms with Crippen LogP contribution in [-0.2, 0) is 14.4 Å². The quantitative estimate of drug-likeness (QED) is 0.472. The van der Waals surface area contributed by atoms with Crippen molar-refractivity contribution < 1.29 is 14.4 Å². The third-order valence-corrected chi connectivity index (χ3v) is 7.18. The van der Waals surface area contributed by atoms with Gasteiger partial charge in [0.25, 0.3) is 5.91 Å². The topological polar surface area (TPSA) is 108 Å². The van der Waals surface area contributed by atoms with Crippen molar-refractivity contribution in [2.45, 2.75) is 91.9 Å². The standard InChI is InChI=1S/C25H42N6O3S/c1-15(2)20(13-18(7)22(32)28-25-29-26-14-35-25)30(8)24(34)21(16(3)4)27-23(33)19-11-9-10-12-31(19)17(5)6/h13-17,19-21H,9-12H2,1-8H3,(H,27,33)(H,28,29,32)/t19-,20-,21+/m1/s1. The van der Waals surface area contributed by atoms with Gasteiger partial charge >= 0.3 is 0 Å². The van der Waals surface area contributed by atoms with Gasteiger partial charge in [0, 0.05) is 18.7 Å². The second-order valence-corrected chi connectivity index (χ2v) is 11.1. The van der Waals surface area contributed by atoms with Gasteiger partial charge in [0.2, 0.25) is 16.9 Å². The highest BCUT2D eigenvalue weighted by molar-refractivity contribution is 7.13. The van der Waals surface area contributed by atoms with Crippen molar-refractivity contribution in [3.05, 3.63) is 17.2 Å². The summed E-state index contributed by atoms with van der Waals surface area (Å²) in [5.41, 5.74) is 2.03. The molecule has 1 fully saturated rings. The van der Waals surface area contributed by atoms with Gasteiger partial charge in [0.15, 0.2) is 0 Å². The number of likely N-dealkylation sites (N-methyl/N-ethyl adjacent to an activating group) is 1. The van der Waals surface area contributed by atoms with Crippen molar-refractivity contribution in [2.24, 2.45) is 11.8 Å². The Kier molecular flexibility index (Phi) is 10.8. The summed E-state index contributed by atoms with van der Waals surface area (Å²) in [6.07, 6.45) is 4.71. The monoisotopic (exact) mass is 506 g/mol. The summed E-state index contributed by atoms with van der Waals surface area (Å²) in [5.74, 6) is -0.543. The minimum Gasteiger partial charge on any atom is -0.343 e. The predicted octanol–water partition coefficient (Wildman–Crippen LogP) is 3.31. The van der Waals surface area contributed by atoms with E-state index in [4.69, 9.17) is 0 Å². The van der Waals surface area contributed by atoms with Gasteiger partial charge in [-0.1, -0.05) is 51.5 Å². The van der Waals surface area contributed by atoms with Crippen molar-refractivity contribution in [3.8, 4) is 0 Å². The van der Waals surface area contributed by atoms with E-state index in [-0.39, 0.29) is 47.7 Å². The lowest BCUT2D eigenvalue weighted by atomic mass is 9.95. The zero-order valence-electron chi connectivity index (χ0n) is 22.4. The molecule has 2 rings (SSSR count). The Balaban J connectivity index is 2.17. The first-order valence-electron chi connectivity index (χ1n) is 12.5. The maximum absolute atomic E-state index is 13.6. The lowest BCUT2D eigenvalue weighted by Crippen LogP contribution is -2.58. The molecule has 10 heteroatoms. The average molecular weight is 507 g/mol. The van der Waals surface area contributed by atoms with Gasteiger partial charge in [-0.3, -0.25) is 24.6 Å². The molecular weight excluding hydrogens is 464 g/mol. The maximum atomic E-state index is 13.6. The molecule has 0 aromatic carbocycles. The first kappa shape index (κ1) is 28.9. The molecule has 0 saturated carbocycles. The summed E-state index contributed by atoms with van der Waals surface area (Å²) in [4.78, 5) is 43.4. The zero-order valence-corrected chi connectivity index (χ0v) is 23.2. The number of aromatic nitrogens is 2. The van der Waals surface area contributed by atoms with E-state index in [0.29, 0.717) is 10.7 Å². The number of likely N-dealkylation sites (tertiary alicyclic amines) is 1. The molecule has 3 atom stereocenters. The summed E-state index contributed by atoms with van der Waals surface area (Å²) < 4.78 is 0. The number of amides is 3. The number of carbonyl (C=O) groups is 3. The fourth-order valence-electron chi connectivity index (χ4n) is 4.49. The fourth-order valence-corrected chi connectivity index (χ4v) is 4.93. The number of piperidine rings is 1. The van der Waals surface area contributed by atoms with Crippen LogP contribution in [0, 0.1) is 11.8 Å². The lowest BCUT2D eigenvalue weighted by Gasteiger charge is -2.39. The molecule has 35 heavy (non-hydrogen) atoms. The molecule has 0 radical (unpaired) electrons. The van der Waals surface area contributed by atoms with E-state index in [9.17, 15) is 14.4 Å². The van der Waals surface area contributed by atoms with E-state index < -0.39 is 6.04 Å². The Morgan fingerprint density at radius 3 is 2.37 bits per heavy atom. The van der Waals surface area contributed by atoms with Gasteiger partial charge in [-0.25, -0.2) is 0 Å². The molecule has 9 nitrogen and oxygen atoms in total. The average Bonchev–Trinajstić information content (AvgIpc) is 3.32. The minimum absolute atomic E-state index is 0.0616. The van der Waals surface area contributed by atoms with Crippen LogP contribution in [0.1, 0.15) is 67.7 Å². The Hall–Kier alpha value is -2.33. The Bertz CT molecular complexity index is 884.